The lowest BCUT2D eigenvalue weighted by Crippen LogP contribution is -2.21. The Morgan fingerprint density at radius 1 is 0.441 bits per heavy atom. The van der Waals surface area contributed by atoms with Gasteiger partial charge in [-0.3, -0.25) is 4.40 Å². The van der Waals surface area contributed by atoms with Gasteiger partial charge in [-0.25, -0.2) is 4.98 Å². The van der Waals surface area contributed by atoms with E-state index in [0.29, 0.717) is 0 Å². The van der Waals surface area contributed by atoms with Crippen molar-refractivity contribution in [3.8, 4) is 16.8 Å². The molecule has 0 fully saturated rings. The highest BCUT2D eigenvalue weighted by Crippen LogP contribution is 2.43. The minimum Gasteiger partial charge on any atom is -0.361 e. The number of aromatic nitrogens is 4. The highest BCUT2D eigenvalue weighted by Gasteiger charge is 2.27. The van der Waals surface area contributed by atoms with Crippen LogP contribution in [0.5, 0.6) is 0 Å². The molecule has 1 aliphatic heterocycles. The number of anilines is 1. The smallest absolute Gasteiger partial charge is 0.148 e. The summed E-state index contributed by atoms with van der Waals surface area (Å²) < 4.78 is 7.24. The average Bonchev–Trinajstić information content (AvgIpc) is 3.97. The molecule has 0 radical (unpaired) electrons. The Bertz CT molecular complexity index is 3640. The fraction of sp³-hybridized carbons (Fsp3) is 0.0185. The highest BCUT2D eigenvalue weighted by molar-refractivity contribution is 6.17. The van der Waals surface area contributed by atoms with E-state index in [1.165, 1.54) is 60.4 Å². The second kappa shape index (κ2) is 12.3. The molecule has 0 saturated carbocycles. The molecule has 1 N–H and O–H groups in total. The maximum absolute atomic E-state index is 5.51. The van der Waals surface area contributed by atoms with Gasteiger partial charge in [0, 0.05) is 43.9 Å². The molecular formula is C54H35N5. The van der Waals surface area contributed by atoms with E-state index in [-0.39, 0.29) is 6.17 Å². The number of fused-ring (bicyclic) bond motifs is 14. The fourth-order valence-corrected chi connectivity index (χ4v) is 9.85. The van der Waals surface area contributed by atoms with E-state index in [9.17, 15) is 0 Å². The molecule has 8 aromatic carbocycles. The van der Waals surface area contributed by atoms with Gasteiger partial charge in [-0.05, 0) is 82.3 Å². The first-order valence-corrected chi connectivity index (χ1v) is 20.3. The van der Waals surface area contributed by atoms with Crippen molar-refractivity contribution in [2.45, 2.75) is 6.17 Å². The zero-order valence-electron chi connectivity index (χ0n) is 31.9. The molecule has 1 aliphatic rings. The second-order valence-electron chi connectivity index (χ2n) is 15.6. The Labute approximate surface area is 339 Å². The SMILES string of the molecule is C1=C(c2ccccc2)c2ccccc2NC1n1c2ccccc2c2nc3c4ccccc4c4cc(-c5ccc(-n6c7ccccc7c7ccccc76)cc5)ccc4n3c21. The van der Waals surface area contributed by atoms with Crippen LogP contribution in [0.1, 0.15) is 17.3 Å². The fourth-order valence-electron chi connectivity index (χ4n) is 9.85. The topological polar surface area (TPSA) is 39.2 Å². The largest absolute Gasteiger partial charge is 0.361 e. The standard InChI is InChI=1S/C54H35N5/c1-2-14-35(15-3-1)44-33-51(55-46-22-10-6-17-39(44)46)58-49-25-13-9-21-43(49)52-54(58)59-50-31-28-36(32-45(50)38-16-4-5-20-42(38)53(59)56-52)34-26-29-37(30-27-34)57-47-23-11-7-18-40(47)41-19-8-12-24-48(41)57/h1-33,51,55H. The molecule has 0 spiro atoms. The third-order valence-electron chi connectivity index (χ3n) is 12.4. The molecule has 59 heavy (non-hydrogen) atoms. The average molecular weight is 754 g/mol. The summed E-state index contributed by atoms with van der Waals surface area (Å²) in [5.41, 5.74) is 16.0. The van der Waals surface area contributed by atoms with Crippen LogP contribution in [0.15, 0.2) is 200 Å². The first-order valence-electron chi connectivity index (χ1n) is 20.3. The summed E-state index contributed by atoms with van der Waals surface area (Å²) in [5, 5.41) is 11.1. The van der Waals surface area contributed by atoms with Crippen molar-refractivity contribution < 1.29 is 0 Å². The molecule has 1 atom stereocenters. The summed E-state index contributed by atoms with van der Waals surface area (Å²) in [6.07, 6.45) is 2.21. The van der Waals surface area contributed by atoms with Gasteiger partial charge in [-0.15, -0.1) is 0 Å². The number of para-hydroxylation sites is 4. The predicted molar refractivity (Wildman–Crippen MR) is 246 cm³/mol. The third-order valence-corrected chi connectivity index (χ3v) is 12.4. The quantitative estimate of drug-likeness (QED) is 0.182. The Morgan fingerprint density at radius 2 is 1.05 bits per heavy atom. The number of rotatable bonds is 4. The van der Waals surface area contributed by atoms with Gasteiger partial charge >= 0.3 is 0 Å². The molecule has 4 aromatic heterocycles. The minimum atomic E-state index is -0.170. The molecule has 1 unspecified atom stereocenters. The molecule has 0 amide bonds. The summed E-state index contributed by atoms with van der Waals surface area (Å²) in [6.45, 7) is 0. The Morgan fingerprint density at radius 3 is 1.81 bits per heavy atom. The summed E-state index contributed by atoms with van der Waals surface area (Å²) in [5.74, 6) is 0. The number of hydrogen-bond donors (Lipinski definition) is 1. The monoisotopic (exact) mass is 753 g/mol. The maximum atomic E-state index is 5.51. The van der Waals surface area contributed by atoms with Crippen LogP contribution in [-0.2, 0) is 0 Å². The van der Waals surface area contributed by atoms with Gasteiger partial charge < -0.3 is 14.5 Å². The van der Waals surface area contributed by atoms with Gasteiger partial charge in [0.25, 0.3) is 0 Å². The van der Waals surface area contributed by atoms with Crippen molar-refractivity contribution in [3.63, 3.8) is 0 Å². The zero-order chi connectivity index (χ0) is 38.6. The van der Waals surface area contributed by atoms with Crippen molar-refractivity contribution in [1.29, 1.82) is 0 Å². The molecular weight excluding hydrogens is 719 g/mol. The molecule has 276 valence electrons. The third kappa shape index (κ3) is 4.64. The molecule has 5 heterocycles. The van der Waals surface area contributed by atoms with Gasteiger partial charge in [-0.1, -0.05) is 146 Å². The van der Waals surface area contributed by atoms with E-state index in [1.807, 2.05) is 0 Å². The molecule has 5 nitrogen and oxygen atoms in total. The second-order valence-corrected chi connectivity index (χ2v) is 15.6. The Balaban J connectivity index is 1.03. The van der Waals surface area contributed by atoms with Crippen LogP contribution in [-0.4, -0.2) is 18.5 Å². The van der Waals surface area contributed by atoms with Crippen molar-refractivity contribution in [2.24, 2.45) is 0 Å². The minimum absolute atomic E-state index is 0.170. The van der Waals surface area contributed by atoms with Gasteiger partial charge in [0.05, 0.1) is 22.1 Å². The van der Waals surface area contributed by atoms with Crippen LogP contribution in [0.2, 0.25) is 0 Å². The molecule has 0 bridgehead atoms. The lowest BCUT2D eigenvalue weighted by atomic mass is 9.93. The highest BCUT2D eigenvalue weighted by atomic mass is 15.2. The number of imidazole rings is 1. The van der Waals surface area contributed by atoms with Crippen molar-refractivity contribution in [1.82, 2.24) is 18.5 Å². The van der Waals surface area contributed by atoms with Crippen LogP contribution in [0.3, 0.4) is 0 Å². The van der Waals surface area contributed by atoms with E-state index in [2.05, 4.69) is 219 Å². The molecule has 0 aliphatic carbocycles. The summed E-state index contributed by atoms with van der Waals surface area (Å²) in [4.78, 5) is 5.51. The lowest BCUT2D eigenvalue weighted by molar-refractivity contribution is 0.714. The van der Waals surface area contributed by atoms with Gasteiger partial charge in [0.2, 0.25) is 0 Å². The molecule has 13 rings (SSSR count). The first kappa shape index (κ1) is 32.2. The maximum Gasteiger partial charge on any atom is 0.148 e. The number of hydrogen-bond acceptors (Lipinski definition) is 2. The van der Waals surface area contributed by atoms with Gasteiger partial charge in [-0.2, -0.15) is 0 Å². The van der Waals surface area contributed by atoms with Crippen LogP contribution < -0.4 is 5.32 Å². The molecule has 0 saturated heterocycles. The van der Waals surface area contributed by atoms with Gasteiger partial charge in [0.1, 0.15) is 23.0 Å². The number of nitrogens with zero attached hydrogens (tertiary/aromatic N) is 4. The van der Waals surface area contributed by atoms with E-state index < -0.39 is 0 Å². The number of benzene rings is 8. The number of nitrogens with one attached hydrogen (secondary N) is 1. The van der Waals surface area contributed by atoms with E-state index in [0.717, 1.165) is 50.0 Å². The molecule has 5 heteroatoms. The summed E-state index contributed by atoms with van der Waals surface area (Å²) >= 11 is 0. The Kier molecular flexibility index (Phi) is 6.72. The van der Waals surface area contributed by atoms with E-state index in [4.69, 9.17) is 4.98 Å². The van der Waals surface area contributed by atoms with Crippen LogP contribution >= 0.6 is 0 Å². The van der Waals surface area contributed by atoms with E-state index >= 15 is 0 Å². The summed E-state index contributed by atoms with van der Waals surface area (Å²) in [7, 11) is 0. The normalized spacial score (nSPS) is 14.2. The summed E-state index contributed by atoms with van der Waals surface area (Å²) in [6, 6.07) is 70.1. The van der Waals surface area contributed by atoms with Crippen molar-refractivity contribution in [3.05, 3.63) is 211 Å². The van der Waals surface area contributed by atoms with Crippen LogP contribution in [0, 0.1) is 0 Å². The lowest BCUT2D eigenvalue weighted by Gasteiger charge is -2.29. The molecule has 12 aromatic rings. The van der Waals surface area contributed by atoms with Crippen molar-refractivity contribution >= 4 is 82.5 Å². The number of pyridine rings is 1. The first-order chi connectivity index (χ1) is 29.3. The van der Waals surface area contributed by atoms with Crippen LogP contribution in [0.25, 0.3) is 93.6 Å². The van der Waals surface area contributed by atoms with E-state index in [1.54, 1.807) is 0 Å². The van der Waals surface area contributed by atoms with Crippen molar-refractivity contribution in [2.75, 3.05) is 5.32 Å². The Hall–Kier alpha value is -7.89. The predicted octanol–water partition coefficient (Wildman–Crippen LogP) is 13.6. The van der Waals surface area contributed by atoms with Gasteiger partial charge in [0.15, 0.2) is 0 Å². The zero-order valence-corrected chi connectivity index (χ0v) is 31.9. The van der Waals surface area contributed by atoms with Crippen LogP contribution in [0.4, 0.5) is 5.69 Å².